The van der Waals surface area contributed by atoms with Gasteiger partial charge in [0.05, 0.1) is 28.2 Å². The van der Waals surface area contributed by atoms with E-state index in [4.69, 9.17) is 9.26 Å². The first-order chi connectivity index (χ1) is 12.0. The number of aromatic nitrogens is 2. The van der Waals surface area contributed by atoms with E-state index in [1.165, 1.54) is 12.1 Å². The molecule has 2 aromatic heterocycles. The first-order valence-electron chi connectivity index (χ1n) is 7.60. The van der Waals surface area contributed by atoms with Crippen LogP contribution in [0.2, 0.25) is 0 Å². The van der Waals surface area contributed by atoms with E-state index in [-0.39, 0.29) is 12.3 Å². The summed E-state index contributed by atoms with van der Waals surface area (Å²) in [7, 11) is 0. The van der Waals surface area contributed by atoms with Gasteiger partial charge in [0.2, 0.25) is 0 Å². The Hall–Kier alpha value is -3.29. The van der Waals surface area contributed by atoms with Crippen molar-refractivity contribution in [3.8, 4) is 0 Å². The van der Waals surface area contributed by atoms with Crippen molar-refractivity contribution >= 4 is 22.8 Å². The van der Waals surface area contributed by atoms with Crippen molar-refractivity contribution < 1.29 is 19.0 Å². The molecular weight excluding hydrogens is 326 g/mol. The van der Waals surface area contributed by atoms with Crippen LogP contribution >= 0.6 is 0 Å². The molecule has 0 atom stereocenters. The van der Waals surface area contributed by atoms with Crippen molar-refractivity contribution in [3.05, 3.63) is 63.0 Å². The molecule has 0 N–H and O–H groups in total. The smallest absolute Gasteiger partial charge is 0.339 e. The number of benzene rings is 1. The van der Waals surface area contributed by atoms with Crippen LogP contribution in [-0.2, 0) is 11.2 Å². The third-order valence-electron chi connectivity index (χ3n) is 3.74. The van der Waals surface area contributed by atoms with Crippen LogP contribution in [0.5, 0.6) is 0 Å². The lowest BCUT2D eigenvalue weighted by atomic mass is 10.1. The fraction of sp³-hybridized carbons (Fsp3) is 0.235. The van der Waals surface area contributed by atoms with Crippen LogP contribution in [0.25, 0.3) is 11.1 Å². The molecule has 1 aromatic carbocycles. The topological polar surface area (TPSA) is 108 Å². The van der Waals surface area contributed by atoms with Crippen LogP contribution in [-0.4, -0.2) is 27.6 Å². The molecule has 0 bridgehead atoms. The van der Waals surface area contributed by atoms with Crippen LogP contribution < -0.4 is 0 Å². The van der Waals surface area contributed by atoms with Gasteiger partial charge in [-0.05, 0) is 25.5 Å². The lowest BCUT2D eigenvalue weighted by Crippen LogP contribution is -2.09. The average Bonchev–Trinajstić information content (AvgIpc) is 2.95. The van der Waals surface area contributed by atoms with Gasteiger partial charge >= 0.3 is 5.97 Å². The van der Waals surface area contributed by atoms with Gasteiger partial charge in [0, 0.05) is 24.2 Å². The standard InChI is InChI=1S/C17H15N3O5/c1-10-9-14(15-11(2)19-25-16(15)18-10)17(21)24-8-7-12-3-5-13(6-4-12)20(22)23/h3-6,9H,7-8H2,1-2H3. The molecule has 8 nitrogen and oxygen atoms in total. The molecule has 0 spiro atoms. The number of nitro benzene ring substituents is 1. The van der Waals surface area contributed by atoms with E-state index in [1.807, 2.05) is 0 Å². The molecule has 0 saturated carbocycles. The summed E-state index contributed by atoms with van der Waals surface area (Å²) in [6.07, 6.45) is 0.458. The maximum atomic E-state index is 12.4. The minimum absolute atomic E-state index is 0.0262. The minimum Gasteiger partial charge on any atom is -0.462 e. The summed E-state index contributed by atoms with van der Waals surface area (Å²) in [5.41, 5.74) is 2.74. The molecule has 2 heterocycles. The van der Waals surface area contributed by atoms with Crippen molar-refractivity contribution in [2.24, 2.45) is 0 Å². The van der Waals surface area contributed by atoms with Crippen LogP contribution in [0.15, 0.2) is 34.9 Å². The Labute approximate surface area is 142 Å². The summed E-state index contributed by atoms with van der Waals surface area (Å²) in [5, 5.41) is 15.0. The van der Waals surface area contributed by atoms with E-state index < -0.39 is 10.9 Å². The maximum Gasteiger partial charge on any atom is 0.339 e. The maximum absolute atomic E-state index is 12.4. The first kappa shape index (κ1) is 16.6. The van der Waals surface area contributed by atoms with Crippen molar-refractivity contribution in [1.82, 2.24) is 10.1 Å². The van der Waals surface area contributed by atoms with Gasteiger partial charge in [-0.3, -0.25) is 10.1 Å². The summed E-state index contributed by atoms with van der Waals surface area (Å²) in [6, 6.07) is 7.78. The Morgan fingerprint density at radius 1 is 1.28 bits per heavy atom. The van der Waals surface area contributed by atoms with Gasteiger partial charge in [0.15, 0.2) is 0 Å². The molecule has 0 radical (unpaired) electrons. The SMILES string of the molecule is Cc1cc(C(=O)OCCc2ccc([N+](=O)[O-])cc2)c2c(C)noc2n1. The van der Waals surface area contributed by atoms with E-state index in [1.54, 1.807) is 32.0 Å². The molecule has 0 fully saturated rings. The van der Waals surface area contributed by atoms with Crippen molar-refractivity contribution in [2.45, 2.75) is 20.3 Å². The quantitative estimate of drug-likeness (QED) is 0.398. The van der Waals surface area contributed by atoms with Crippen molar-refractivity contribution in [2.75, 3.05) is 6.61 Å². The number of nitrogens with zero attached hydrogens (tertiary/aromatic N) is 3. The van der Waals surface area contributed by atoms with E-state index in [0.29, 0.717) is 34.5 Å². The number of rotatable bonds is 5. The summed E-state index contributed by atoms with van der Waals surface area (Å²) in [4.78, 5) is 26.8. The Morgan fingerprint density at radius 3 is 2.68 bits per heavy atom. The van der Waals surface area contributed by atoms with Gasteiger partial charge in [0.1, 0.15) is 0 Å². The average molecular weight is 341 g/mol. The number of nitro groups is 1. The summed E-state index contributed by atoms with van der Waals surface area (Å²) in [6.45, 7) is 3.64. The van der Waals surface area contributed by atoms with Gasteiger partial charge in [-0.25, -0.2) is 9.78 Å². The number of hydrogen-bond acceptors (Lipinski definition) is 7. The second-order valence-corrected chi connectivity index (χ2v) is 5.57. The second-order valence-electron chi connectivity index (χ2n) is 5.57. The predicted molar refractivity (Wildman–Crippen MR) is 88.4 cm³/mol. The van der Waals surface area contributed by atoms with Gasteiger partial charge in [0.25, 0.3) is 11.4 Å². The van der Waals surface area contributed by atoms with Gasteiger partial charge < -0.3 is 9.26 Å². The van der Waals surface area contributed by atoms with Crippen LogP contribution in [0.1, 0.15) is 27.3 Å². The third-order valence-corrected chi connectivity index (χ3v) is 3.74. The molecule has 0 aliphatic carbocycles. The lowest BCUT2D eigenvalue weighted by Gasteiger charge is -2.06. The molecule has 0 saturated heterocycles. The molecule has 0 unspecified atom stereocenters. The Balaban J connectivity index is 1.69. The van der Waals surface area contributed by atoms with Crippen molar-refractivity contribution in [3.63, 3.8) is 0 Å². The minimum atomic E-state index is -0.483. The first-order valence-corrected chi connectivity index (χ1v) is 7.60. The van der Waals surface area contributed by atoms with E-state index in [0.717, 1.165) is 5.56 Å². The lowest BCUT2D eigenvalue weighted by molar-refractivity contribution is -0.384. The molecular formula is C17H15N3O5. The summed E-state index contributed by atoms with van der Waals surface area (Å²) < 4.78 is 10.4. The van der Waals surface area contributed by atoms with E-state index in [2.05, 4.69) is 10.1 Å². The van der Waals surface area contributed by atoms with Gasteiger partial charge in [-0.1, -0.05) is 17.3 Å². The number of carbonyl (C=O) groups excluding carboxylic acids is 1. The second kappa shape index (κ2) is 6.68. The zero-order chi connectivity index (χ0) is 18.0. The van der Waals surface area contributed by atoms with Crippen LogP contribution in [0, 0.1) is 24.0 Å². The van der Waals surface area contributed by atoms with Crippen molar-refractivity contribution in [1.29, 1.82) is 0 Å². The van der Waals surface area contributed by atoms with Crippen LogP contribution in [0.4, 0.5) is 5.69 Å². The molecule has 3 aromatic rings. The molecule has 0 aliphatic heterocycles. The molecule has 0 aliphatic rings. The zero-order valence-corrected chi connectivity index (χ0v) is 13.7. The number of fused-ring (bicyclic) bond motifs is 1. The number of aryl methyl sites for hydroxylation is 2. The van der Waals surface area contributed by atoms with Gasteiger partial charge in [-0.15, -0.1) is 0 Å². The van der Waals surface area contributed by atoms with E-state index in [9.17, 15) is 14.9 Å². The Bertz CT molecular complexity index is 947. The van der Waals surface area contributed by atoms with E-state index >= 15 is 0 Å². The predicted octanol–water partition coefficient (Wildman–Crippen LogP) is 3.15. The Kier molecular flexibility index (Phi) is 4.42. The normalized spacial score (nSPS) is 10.8. The highest BCUT2D eigenvalue weighted by atomic mass is 16.6. The zero-order valence-electron chi connectivity index (χ0n) is 13.7. The number of pyridine rings is 1. The highest BCUT2D eigenvalue weighted by molar-refractivity contribution is 6.03. The number of hydrogen-bond donors (Lipinski definition) is 0. The summed E-state index contributed by atoms with van der Waals surface area (Å²) >= 11 is 0. The third kappa shape index (κ3) is 3.47. The largest absolute Gasteiger partial charge is 0.462 e. The monoisotopic (exact) mass is 341 g/mol. The molecule has 128 valence electrons. The van der Waals surface area contributed by atoms with Gasteiger partial charge in [-0.2, -0.15) is 0 Å². The highest BCUT2D eigenvalue weighted by Gasteiger charge is 2.18. The number of carbonyl (C=O) groups is 1. The fourth-order valence-corrected chi connectivity index (χ4v) is 2.50. The number of ether oxygens (including phenoxy) is 1. The number of non-ortho nitro benzene ring substituents is 1. The van der Waals surface area contributed by atoms with Crippen LogP contribution in [0.3, 0.4) is 0 Å². The summed E-state index contributed by atoms with van der Waals surface area (Å²) in [5.74, 6) is -0.483. The highest BCUT2D eigenvalue weighted by Crippen LogP contribution is 2.22. The fourth-order valence-electron chi connectivity index (χ4n) is 2.50. The molecule has 25 heavy (non-hydrogen) atoms. The Morgan fingerprint density at radius 2 is 2.00 bits per heavy atom. The molecule has 0 amide bonds. The molecule has 3 rings (SSSR count). The number of esters is 1. The molecule has 8 heteroatoms.